The molecule has 0 unspecified atom stereocenters. The van der Waals surface area contributed by atoms with Crippen LogP contribution in [-0.4, -0.2) is 35.4 Å². The lowest BCUT2D eigenvalue weighted by Crippen LogP contribution is -2.72. The molecule has 1 fully saturated rings. The standard InChI is InChI=1S/C27H26F3N3O3/c1-2-33(17-18-9-5-3-6-10-18)21-15-13-19(14-16-21)23-22(24(34)20-11-7-4-8-12-20)26(36,27(28,29)30)32-25(35)31-23/h3-16,22-23,36H,2,17H2,1H3,(H2,31,32,35)/t22-,23-,26+/m1/s1. The lowest BCUT2D eigenvalue weighted by atomic mass is 9.77. The number of rotatable bonds is 7. The predicted molar refractivity (Wildman–Crippen MR) is 129 cm³/mol. The molecule has 0 aromatic heterocycles. The van der Waals surface area contributed by atoms with Crippen molar-refractivity contribution in [1.29, 1.82) is 0 Å². The van der Waals surface area contributed by atoms with E-state index in [0.29, 0.717) is 13.1 Å². The van der Waals surface area contributed by atoms with Gasteiger partial charge in [-0.3, -0.25) is 4.79 Å². The van der Waals surface area contributed by atoms with Crippen LogP contribution in [-0.2, 0) is 6.54 Å². The van der Waals surface area contributed by atoms with Gasteiger partial charge in [0.25, 0.3) is 0 Å². The minimum Gasteiger partial charge on any atom is -0.367 e. The van der Waals surface area contributed by atoms with E-state index in [4.69, 9.17) is 0 Å². The highest BCUT2D eigenvalue weighted by Crippen LogP contribution is 2.44. The first kappa shape index (κ1) is 25.2. The van der Waals surface area contributed by atoms with Crippen molar-refractivity contribution in [3.63, 3.8) is 0 Å². The quantitative estimate of drug-likeness (QED) is 0.409. The lowest BCUT2D eigenvalue weighted by Gasteiger charge is -2.45. The van der Waals surface area contributed by atoms with Crippen LogP contribution in [0.4, 0.5) is 23.7 Å². The zero-order valence-electron chi connectivity index (χ0n) is 19.5. The monoisotopic (exact) mass is 497 g/mol. The average Bonchev–Trinajstić information content (AvgIpc) is 2.87. The van der Waals surface area contributed by atoms with Gasteiger partial charge in [-0.25, -0.2) is 4.79 Å². The summed E-state index contributed by atoms with van der Waals surface area (Å²) in [7, 11) is 0. The van der Waals surface area contributed by atoms with Gasteiger partial charge in [0.15, 0.2) is 5.78 Å². The Hall–Kier alpha value is -3.85. The Morgan fingerprint density at radius 2 is 1.56 bits per heavy atom. The van der Waals surface area contributed by atoms with Crippen molar-refractivity contribution in [3.05, 3.63) is 102 Å². The van der Waals surface area contributed by atoms with Crippen molar-refractivity contribution in [2.24, 2.45) is 5.92 Å². The number of anilines is 1. The third-order valence-electron chi connectivity index (χ3n) is 6.36. The summed E-state index contributed by atoms with van der Waals surface area (Å²) in [5, 5.41) is 14.7. The van der Waals surface area contributed by atoms with Gasteiger partial charge in [0.05, 0.1) is 6.04 Å². The van der Waals surface area contributed by atoms with E-state index in [0.717, 1.165) is 11.3 Å². The van der Waals surface area contributed by atoms with E-state index in [9.17, 15) is 27.9 Å². The fraction of sp³-hybridized carbons (Fsp3) is 0.259. The molecule has 4 rings (SSSR count). The SMILES string of the molecule is CCN(Cc1ccccc1)c1ccc([C@H]2NC(=O)N[C@@](O)(C(F)(F)F)[C@H]2C(=O)c2ccccc2)cc1. The number of hydrogen-bond acceptors (Lipinski definition) is 4. The molecule has 0 radical (unpaired) electrons. The number of carbonyl (C=O) groups is 2. The average molecular weight is 498 g/mol. The summed E-state index contributed by atoms with van der Waals surface area (Å²) in [4.78, 5) is 27.6. The summed E-state index contributed by atoms with van der Waals surface area (Å²) in [5.41, 5.74) is -1.58. The van der Waals surface area contributed by atoms with Crippen LogP contribution in [0.2, 0.25) is 0 Å². The Labute approximate surface area is 206 Å². The van der Waals surface area contributed by atoms with Crippen LogP contribution in [0.5, 0.6) is 0 Å². The largest absolute Gasteiger partial charge is 0.437 e. The molecule has 1 aliphatic heterocycles. The first-order valence-electron chi connectivity index (χ1n) is 11.5. The molecule has 0 aliphatic carbocycles. The van der Waals surface area contributed by atoms with Gasteiger partial charge in [0, 0.05) is 24.3 Å². The minimum atomic E-state index is -5.30. The molecular weight excluding hydrogens is 471 g/mol. The van der Waals surface area contributed by atoms with Gasteiger partial charge >= 0.3 is 12.2 Å². The van der Waals surface area contributed by atoms with Crippen LogP contribution in [0.15, 0.2) is 84.9 Å². The number of Topliss-reactive ketones (excluding diaryl/α,β-unsaturated/α-hetero) is 1. The van der Waals surface area contributed by atoms with Crippen LogP contribution in [0.25, 0.3) is 0 Å². The van der Waals surface area contributed by atoms with Gasteiger partial charge < -0.3 is 20.6 Å². The van der Waals surface area contributed by atoms with Crippen molar-refractivity contribution in [3.8, 4) is 0 Å². The van der Waals surface area contributed by atoms with Gasteiger partial charge in [0.1, 0.15) is 5.92 Å². The zero-order chi connectivity index (χ0) is 25.9. The Balaban J connectivity index is 1.70. The molecule has 0 saturated carbocycles. The number of halogens is 3. The van der Waals surface area contributed by atoms with Crippen LogP contribution < -0.4 is 15.5 Å². The molecule has 0 spiro atoms. The Morgan fingerprint density at radius 1 is 0.972 bits per heavy atom. The van der Waals surface area contributed by atoms with E-state index in [2.05, 4.69) is 10.2 Å². The van der Waals surface area contributed by atoms with E-state index in [1.807, 2.05) is 37.3 Å². The van der Waals surface area contributed by atoms with E-state index in [1.165, 1.54) is 24.3 Å². The summed E-state index contributed by atoms with van der Waals surface area (Å²) < 4.78 is 42.3. The van der Waals surface area contributed by atoms with E-state index in [-0.39, 0.29) is 11.1 Å². The van der Waals surface area contributed by atoms with Gasteiger partial charge in [0.2, 0.25) is 5.72 Å². The Kier molecular flexibility index (Phi) is 7.03. The zero-order valence-corrected chi connectivity index (χ0v) is 19.5. The number of hydrogen-bond donors (Lipinski definition) is 3. The summed E-state index contributed by atoms with van der Waals surface area (Å²) in [6.45, 7) is 3.30. The Morgan fingerprint density at radius 3 is 2.11 bits per heavy atom. The van der Waals surface area contributed by atoms with Crippen molar-refractivity contribution in [2.45, 2.75) is 31.4 Å². The van der Waals surface area contributed by atoms with Crippen molar-refractivity contribution in [1.82, 2.24) is 10.6 Å². The second kappa shape index (κ2) is 10.0. The maximum Gasteiger partial charge on any atom is 0.437 e. The highest BCUT2D eigenvalue weighted by atomic mass is 19.4. The van der Waals surface area contributed by atoms with Gasteiger partial charge in [-0.1, -0.05) is 72.8 Å². The molecule has 3 atom stereocenters. The molecular formula is C27H26F3N3O3. The third-order valence-corrected chi connectivity index (χ3v) is 6.36. The molecule has 2 amide bonds. The van der Waals surface area contributed by atoms with Crippen LogP contribution in [0.3, 0.4) is 0 Å². The first-order valence-corrected chi connectivity index (χ1v) is 11.5. The fourth-order valence-corrected chi connectivity index (χ4v) is 4.48. The minimum absolute atomic E-state index is 0.00948. The molecule has 36 heavy (non-hydrogen) atoms. The molecule has 3 aromatic carbocycles. The van der Waals surface area contributed by atoms with Gasteiger partial charge in [-0.2, -0.15) is 13.2 Å². The number of alkyl halides is 3. The maximum absolute atomic E-state index is 14.1. The molecule has 1 aliphatic rings. The second-order valence-electron chi connectivity index (χ2n) is 8.64. The molecule has 0 bridgehead atoms. The summed E-state index contributed by atoms with van der Waals surface area (Å²) in [5.74, 6) is -3.01. The number of amides is 2. The van der Waals surface area contributed by atoms with Gasteiger partial charge in [-0.05, 0) is 30.2 Å². The van der Waals surface area contributed by atoms with E-state index < -0.39 is 35.7 Å². The summed E-state index contributed by atoms with van der Waals surface area (Å²) >= 11 is 0. The number of urea groups is 1. The second-order valence-corrected chi connectivity index (χ2v) is 8.64. The molecule has 188 valence electrons. The first-order chi connectivity index (χ1) is 17.1. The lowest BCUT2D eigenvalue weighted by molar-refractivity contribution is -0.287. The highest BCUT2D eigenvalue weighted by molar-refractivity contribution is 6.00. The van der Waals surface area contributed by atoms with Crippen LogP contribution in [0, 0.1) is 5.92 Å². The Bertz CT molecular complexity index is 1200. The number of nitrogens with one attached hydrogen (secondary N) is 2. The maximum atomic E-state index is 14.1. The summed E-state index contributed by atoms with van der Waals surface area (Å²) in [6.07, 6.45) is -5.30. The third kappa shape index (κ3) is 4.92. The fourth-order valence-electron chi connectivity index (χ4n) is 4.48. The molecule has 3 aromatic rings. The smallest absolute Gasteiger partial charge is 0.367 e. The predicted octanol–water partition coefficient (Wildman–Crippen LogP) is 4.82. The molecule has 3 N–H and O–H groups in total. The number of carbonyl (C=O) groups excluding carboxylic acids is 2. The molecule has 1 saturated heterocycles. The molecule has 9 heteroatoms. The van der Waals surface area contributed by atoms with Crippen molar-refractivity contribution < 1.29 is 27.9 Å². The van der Waals surface area contributed by atoms with E-state index in [1.54, 1.807) is 35.6 Å². The van der Waals surface area contributed by atoms with E-state index >= 15 is 0 Å². The van der Waals surface area contributed by atoms with Crippen molar-refractivity contribution >= 4 is 17.5 Å². The molecule has 6 nitrogen and oxygen atoms in total. The number of nitrogens with zero attached hydrogens (tertiary/aromatic N) is 1. The molecule has 1 heterocycles. The summed E-state index contributed by atoms with van der Waals surface area (Å²) in [6, 6.07) is 21.2. The topological polar surface area (TPSA) is 81.7 Å². The number of benzene rings is 3. The highest BCUT2D eigenvalue weighted by Gasteiger charge is 2.66. The van der Waals surface area contributed by atoms with Gasteiger partial charge in [-0.15, -0.1) is 0 Å². The van der Waals surface area contributed by atoms with Crippen molar-refractivity contribution in [2.75, 3.05) is 11.4 Å². The number of ketones is 1. The normalized spacial score (nSPS) is 21.9. The van der Waals surface area contributed by atoms with Crippen LogP contribution in [0.1, 0.15) is 34.5 Å². The number of aliphatic hydroxyl groups is 1. The van der Waals surface area contributed by atoms with Crippen LogP contribution >= 0.6 is 0 Å².